The number of anilines is 1. The minimum atomic E-state index is -0.866. The lowest BCUT2D eigenvalue weighted by Gasteiger charge is -2.09. The normalized spacial score (nSPS) is 10.7. The number of amides is 1. The van der Waals surface area contributed by atoms with Crippen LogP contribution >= 0.6 is 34.8 Å². The van der Waals surface area contributed by atoms with Crippen molar-refractivity contribution >= 4 is 46.6 Å². The summed E-state index contributed by atoms with van der Waals surface area (Å²) in [4.78, 5) is 12.2. The van der Waals surface area contributed by atoms with Gasteiger partial charge in [0.2, 0.25) is 0 Å². The molecule has 0 radical (unpaired) electrons. The zero-order valence-corrected chi connectivity index (χ0v) is 15.4. The van der Waals surface area contributed by atoms with Crippen molar-refractivity contribution in [2.24, 2.45) is 0 Å². The summed E-state index contributed by atoms with van der Waals surface area (Å²) in [7, 11) is 0. The molecule has 3 aromatic rings. The number of nitrogens with one attached hydrogen (secondary N) is 1. The molecule has 0 aliphatic rings. The number of hydrogen-bond acceptors (Lipinski definition) is 4. The molecule has 5 nitrogen and oxygen atoms in total. The van der Waals surface area contributed by atoms with Gasteiger partial charge >= 0.3 is 6.09 Å². The summed E-state index contributed by atoms with van der Waals surface area (Å²) in [5, 5.41) is 7.05. The Bertz CT molecular complexity index is 971. The van der Waals surface area contributed by atoms with Crippen molar-refractivity contribution in [2.45, 2.75) is 6.92 Å². The molecule has 9 heteroatoms. The molecule has 0 aliphatic heterocycles. The lowest BCUT2D eigenvalue weighted by atomic mass is 10.1. The highest BCUT2D eigenvalue weighted by atomic mass is 35.5. The third-order valence-corrected chi connectivity index (χ3v) is 4.31. The van der Waals surface area contributed by atoms with E-state index in [0.717, 1.165) is 12.1 Å². The lowest BCUT2D eigenvalue weighted by molar-refractivity contribution is 0.215. The van der Waals surface area contributed by atoms with Crippen LogP contribution in [0.15, 0.2) is 40.9 Å². The van der Waals surface area contributed by atoms with Crippen LogP contribution in [0.25, 0.3) is 11.3 Å². The molecule has 0 unspecified atom stereocenters. The number of hydrogen-bond donors (Lipinski definition) is 1. The molecule has 3 rings (SSSR count). The van der Waals surface area contributed by atoms with E-state index in [2.05, 4.69) is 10.5 Å². The number of nitrogens with zero attached hydrogens (tertiary/aromatic N) is 1. The fourth-order valence-electron chi connectivity index (χ4n) is 2.20. The van der Waals surface area contributed by atoms with Crippen LogP contribution in [0.5, 0.6) is 5.75 Å². The summed E-state index contributed by atoms with van der Waals surface area (Å²) < 4.78 is 23.3. The van der Waals surface area contributed by atoms with Gasteiger partial charge in [0.15, 0.2) is 11.5 Å². The number of ether oxygens (including phenoxy) is 1. The molecule has 0 atom stereocenters. The highest BCUT2D eigenvalue weighted by molar-refractivity contribution is 6.39. The Kier molecular flexibility index (Phi) is 5.36. The number of rotatable bonds is 3. The molecule has 0 fully saturated rings. The summed E-state index contributed by atoms with van der Waals surface area (Å²) >= 11 is 18.2. The molecule has 1 N–H and O–H groups in total. The summed E-state index contributed by atoms with van der Waals surface area (Å²) in [6.45, 7) is 1.60. The van der Waals surface area contributed by atoms with E-state index in [0.29, 0.717) is 21.4 Å². The van der Waals surface area contributed by atoms with Crippen LogP contribution in [0, 0.1) is 12.7 Å². The van der Waals surface area contributed by atoms with Gasteiger partial charge in [-0.15, -0.1) is 0 Å². The highest BCUT2D eigenvalue weighted by Crippen LogP contribution is 2.39. The van der Waals surface area contributed by atoms with Gasteiger partial charge in [-0.25, -0.2) is 9.18 Å². The Morgan fingerprint density at radius 2 is 1.85 bits per heavy atom. The largest absolute Gasteiger partial charge is 0.417 e. The zero-order valence-electron chi connectivity index (χ0n) is 13.1. The van der Waals surface area contributed by atoms with Crippen LogP contribution in [-0.2, 0) is 0 Å². The fourth-order valence-corrected chi connectivity index (χ4v) is 2.98. The van der Waals surface area contributed by atoms with Crippen LogP contribution in [-0.4, -0.2) is 11.2 Å². The molecule has 0 bridgehead atoms. The average molecular weight is 416 g/mol. The third-order valence-electron chi connectivity index (χ3n) is 3.39. The first-order valence-corrected chi connectivity index (χ1v) is 8.34. The van der Waals surface area contributed by atoms with Crippen LogP contribution in [0.3, 0.4) is 0 Å². The second-order valence-corrected chi connectivity index (χ2v) is 6.37. The van der Waals surface area contributed by atoms with Crippen LogP contribution < -0.4 is 10.1 Å². The quantitative estimate of drug-likeness (QED) is 0.540. The van der Waals surface area contributed by atoms with Gasteiger partial charge in [0.25, 0.3) is 0 Å². The van der Waals surface area contributed by atoms with Crippen LogP contribution in [0.2, 0.25) is 15.1 Å². The summed E-state index contributed by atoms with van der Waals surface area (Å²) in [5.74, 6) is -0.233. The predicted octanol–water partition coefficient (Wildman–Crippen LogP) is 6.36. The fraction of sp³-hybridized carbons (Fsp3) is 0.0588. The Morgan fingerprint density at radius 3 is 2.50 bits per heavy atom. The molecule has 0 saturated heterocycles. The van der Waals surface area contributed by atoms with Gasteiger partial charge in [-0.05, 0) is 37.3 Å². The summed E-state index contributed by atoms with van der Waals surface area (Å²) in [6, 6.07) is 8.33. The van der Waals surface area contributed by atoms with Crippen molar-refractivity contribution in [1.29, 1.82) is 0 Å². The average Bonchev–Trinajstić information content (AvgIpc) is 2.91. The van der Waals surface area contributed by atoms with Crippen molar-refractivity contribution in [3.63, 3.8) is 0 Å². The molecule has 0 spiro atoms. The first-order chi connectivity index (χ1) is 12.4. The molecular formula is C17H10Cl3FN2O3. The molecule has 2 aromatic carbocycles. The van der Waals surface area contributed by atoms with E-state index in [9.17, 15) is 9.18 Å². The molecule has 0 saturated carbocycles. The standard InChI is InChI=1S/C17H10Cl3FN2O3/c1-8-15(16(23-26-8)14-10(18)3-2-4-11(14)19)22-17(24)25-13-6-5-9(21)7-12(13)20/h2-7H,1H3,(H,22,24). The SMILES string of the molecule is Cc1onc(-c2c(Cl)cccc2Cl)c1NC(=O)Oc1ccc(F)cc1Cl. The third kappa shape index (κ3) is 3.77. The van der Waals surface area contributed by atoms with E-state index in [-0.39, 0.29) is 22.2 Å². The molecule has 134 valence electrons. The maximum atomic E-state index is 13.1. The van der Waals surface area contributed by atoms with E-state index in [4.69, 9.17) is 44.1 Å². The Morgan fingerprint density at radius 1 is 1.15 bits per heavy atom. The minimum absolute atomic E-state index is 0.00278. The molecule has 26 heavy (non-hydrogen) atoms. The molecule has 1 amide bonds. The molecule has 0 aliphatic carbocycles. The molecule has 1 heterocycles. The van der Waals surface area contributed by atoms with E-state index < -0.39 is 11.9 Å². The van der Waals surface area contributed by atoms with Crippen molar-refractivity contribution in [3.05, 3.63) is 63.0 Å². The van der Waals surface area contributed by atoms with Gasteiger partial charge in [-0.3, -0.25) is 5.32 Å². The van der Waals surface area contributed by atoms with E-state index in [1.165, 1.54) is 6.07 Å². The summed E-state index contributed by atoms with van der Waals surface area (Å²) in [6.07, 6.45) is -0.866. The second kappa shape index (κ2) is 7.53. The number of carbonyl (C=O) groups excluding carboxylic acids is 1. The first-order valence-electron chi connectivity index (χ1n) is 7.21. The topological polar surface area (TPSA) is 64.4 Å². The zero-order chi connectivity index (χ0) is 18.8. The number of benzene rings is 2. The Balaban J connectivity index is 1.89. The van der Waals surface area contributed by atoms with Crippen molar-refractivity contribution in [1.82, 2.24) is 5.16 Å². The van der Waals surface area contributed by atoms with Gasteiger partial charge in [0, 0.05) is 5.56 Å². The van der Waals surface area contributed by atoms with Gasteiger partial charge < -0.3 is 9.26 Å². The van der Waals surface area contributed by atoms with Crippen molar-refractivity contribution in [2.75, 3.05) is 5.32 Å². The molecule has 1 aromatic heterocycles. The van der Waals surface area contributed by atoms with Gasteiger partial charge in [-0.1, -0.05) is 46.0 Å². The second-order valence-electron chi connectivity index (χ2n) is 5.15. The predicted molar refractivity (Wildman–Crippen MR) is 97.8 cm³/mol. The van der Waals surface area contributed by atoms with Crippen LogP contribution in [0.4, 0.5) is 14.9 Å². The minimum Gasteiger partial charge on any atom is -0.408 e. The number of carbonyl (C=O) groups is 1. The maximum Gasteiger partial charge on any atom is 0.417 e. The Labute approximate surface area is 162 Å². The van der Waals surface area contributed by atoms with Crippen LogP contribution in [0.1, 0.15) is 5.76 Å². The van der Waals surface area contributed by atoms with Gasteiger partial charge in [0.05, 0.1) is 15.1 Å². The van der Waals surface area contributed by atoms with E-state index >= 15 is 0 Å². The molecular weight excluding hydrogens is 406 g/mol. The maximum absolute atomic E-state index is 13.1. The van der Waals surface area contributed by atoms with Crippen molar-refractivity contribution in [3.8, 4) is 17.0 Å². The number of aromatic nitrogens is 1. The number of aryl methyl sites for hydroxylation is 1. The monoisotopic (exact) mass is 414 g/mol. The Hall–Kier alpha value is -2.28. The first kappa shape index (κ1) is 18.5. The number of halogens is 4. The van der Waals surface area contributed by atoms with Crippen molar-refractivity contribution < 1.29 is 18.4 Å². The smallest absolute Gasteiger partial charge is 0.408 e. The lowest BCUT2D eigenvalue weighted by Crippen LogP contribution is -2.17. The van der Waals surface area contributed by atoms with E-state index in [1.807, 2.05) is 0 Å². The van der Waals surface area contributed by atoms with Gasteiger partial charge in [0.1, 0.15) is 17.2 Å². The summed E-state index contributed by atoms with van der Waals surface area (Å²) in [5.41, 5.74) is 0.895. The van der Waals surface area contributed by atoms with Gasteiger partial charge in [-0.2, -0.15) is 0 Å². The van der Waals surface area contributed by atoms with E-state index in [1.54, 1.807) is 25.1 Å². The highest BCUT2D eigenvalue weighted by Gasteiger charge is 2.22.